The monoisotopic (exact) mass is 341 g/mol. The van der Waals surface area contributed by atoms with Crippen LogP contribution >= 0.6 is 23.1 Å². The number of nitrogens with zero attached hydrogens (tertiary/aromatic N) is 1. The lowest BCUT2D eigenvalue weighted by Crippen LogP contribution is -2.46. The summed E-state index contributed by atoms with van der Waals surface area (Å²) in [7, 11) is 0. The van der Waals surface area contributed by atoms with Crippen LogP contribution in [0.5, 0.6) is 0 Å². The molecule has 0 unspecified atom stereocenters. The van der Waals surface area contributed by atoms with E-state index in [4.69, 9.17) is 0 Å². The fourth-order valence-electron chi connectivity index (χ4n) is 2.22. The number of carbonyl (C=O) groups is 2. The minimum Gasteiger partial charge on any atom is -0.354 e. The van der Waals surface area contributed by atoms with Crippen LogP contribution in [0.3, 0.4) is 0 Å². The lowest BCUT2D eigenvalue weighted by atomic mass is 10.1. The van der Waals surface area contributed by atoms with Gasteiger partial charge in [-0.25, -0.2) is 4.98 Å². The quantitative estimate of drug-likeness (QED) is 0.833. The summed E-state index contributed by atoms with van der Waals surface area (Å²) in [6.45, 7) is 4.96. The molecule has 2 N–H and O–H groups in total. The van der Waals surface area contributed by atoms with Gasteiger partial charge in [0.15, 0.2) is 0 Å². The normalized spacial score (nSPS) is 18.9. The van der Waals surface area contributed by atoms with Crippen LogP contribution < -0.4 is 10.6 Å². The van der Waals surface area contributed by atoms with Crippen molar-refractivity contribution in [1.29, 1.82) is 0 Å². The molecule has 0 aromatic carbocycles. The third-order valence-corrected chi connectivity index (χ3v) is 5.58. The first-order valence-corrected chi connectivity index (χ1v) is 9.69. The SMILES string of the molecule is CC(C)c1nc(CSCC(=O)N[C@@H]2CCCCNC2=O)cs1. The lowest BCUT2D eigenvalue weighted by Gasteiger charge is -2.14. The first-order valence-electron chi connectivity index (χ1n) is 7.65. The molecule has 22 heavy (non-hydrogen) atoms. The maximum Gasteiger partial charge on any atom is 0.242 e. The molecule has 1 atom stereocenters. The molecule has 2 amide bonds. The first-order chi connectivity index (χ1) is 10.6. The van der Waals surface area contributed by atoms with Gasteiger partial charge >= 0.3 is 0 Å². The molecular weight excluding hydrogens is 318 g/mol. The molecule has 2 rings (SSSR count). The standard InChI is InChI=1S/C15H23N3O2S2/c1-10(2)15-17-11(8-22-15)7-21-9-13(19)18-12-5-3-4-6-16-14(12)20/h8,10,12H,3-7,9H2,1-2H3,(H,16,20)(H,18,19)/t12-/m1/s1. The molecule has 0 spiro atoms. The fraction of sp³-hybridized carbons (Fsp3) is 0.667. The zero-order valence-electron chi connectivity index (χ0n) is 13.1. The summed E-state index contributed by atoms with van der Waals surface area (Å²) in [6.07, 6.45) is 2.68. The van der Waals surface area contributed by atoms with Crippen molar-refractivity contribution < 1.29 is 9.59 Å². The fourth-order valence-corrected chi connectivity index (χ4v) is 3.88. The van der Waals surface area contributed by atoms with E-state index >= 15 is 0 Å². The molecule has 5 nitrogen and oxygen atoms in total. The highest BCUT2D eigenvalue weighted by Crippen LogP contribution is 2.21. The van der Waals surface area contributed by atoms with Gasteiger partial charge in [-0.3, -0.25) is 9.59 Å². The van der Waals surface area contributed by atoms with Crippen molar-refractivity contribution in [3.63, 3.8) is 0 Å². The number of nitrogens with one attached hydrogen (secondary N) is 2. The van der Waals surface area contributed by atoms with E-state index in [1.54, 1.807) is 11.3 Å². The maximum atomic E-state index is 11.9. The summed E-state index contributed by atoms with van der Waals surface area (Å²) < 4.78 is 0. The molecule has 1 fully saturated rings. The molecule has 1 saturated heterocycles. The van der Waals surface area contributed by atoms with Crippen molar-refractivity contribution in [3.05, 3.63) is 16.1 Å². The second-order valence-electron chi connectivity index (χ2n) is 5.73. The molecule has 1 aliphatic heterocycles. The van der Waals surface area contributed by atoms with Gasteiger partial charge in [0.2, 0.25) is 11.8 Å². The number of hydrogen-bond donors (Lipinski definition) is 2. The highest BCUT2D eigenvalue weighted by atomic mass is 32.2. The Morgan fingerprint density at radius 1 is 1.55 bits per heavy atom. The van der Waals surface area contributed by atoms with E-state index < -0.39 is 0 Å². The highest BCUT2D eigenvalue weighted by molar-refractivity contribution is 7.99. The number of amides is 2. The Morgan fingerprint density at radius 2 is 2.36 bits per heavy atom. The van der Waals surface area contributed by atoms with Gasteiger partial charge in [0.25, 0.3) is 0 Å². The van der Waals surface area contributed by atoms with Gasteiger partial charge in [0, 0.05) is 23.6 Å². The maximum absolute atomic E-state index is 11.9. The van der Waals surface area contributed by atoms with Crippen LogP contribution in [-0.4, -0.2) is 35.1 Å². The first kappa shape index (κ1) is 17.3. The second kappa shape index (κ2) is 8.53. The Kier molecular flexibility index (Phi) is 6.70. The number of thioether (sulfide) groups is 1. The van der Waals surface area contributed by atoms with E-state index in [1.807, 2.05) is 0 Å². The van der Waals surface area contributed by atoms with Crippen molar-refractivity contribution in [2.45, 2.75) is 50.8 Å². The third kappa shape index (κ3) is 5.28. The van der Waals surface area contributed by atoms with Crippen LogP contribution in [0.15, 0.2) is 5.38 Å². The van der Waals surface area contributed by atoms with Crippen LogP contribution in [0, 0.1) is 0 Å². The number of thiazole rings is 1. The van der Waals surface area contributed by atoms with Crippen molar-refractivity contribution in [1.82, 2.24) is 15.6 Å². The summed E-state index contributed by atoms with van der Waals surface area (Å²) in [4.78, 5) is 28.3. The predicted molar refractivity (Wildman–Crippen MR) is 91.2 cm³/mol. The molecule has 122 valence electrons. The van der Waals surface area contributed by atoms with Crippen LogP contribution in [0.1, 0.15) is 49.7 Å². The van der Waals surface area contributed by atoms with Gasteiger partial charge in [-0.15, -0.1) is 23.1 Å². The lowest BCUT2D eigenvalue weighted by molar-refractivity contribution is -0.127. The second-order valence-corrected chi connectivity index (χ2v) is 7.61. The average molecular weight is 342 g/mol. The summed E-state index contributed by atoms with van der Waals surface area (Å²) in [5.74, 6) is 1.40. The van der Waals surface area contributed by atoms with E-state index in [9.17, 15) is 9.59 Å². The van der Waals surface area contributed by atoms with E-state index in [1.165, 1.54) is 11.8 Å². The highest BCUT2D eigenvalue weighted by Gasteiger charge is 2.22. The van der Waals surface area contributed by atoms with Crippen LogP contribution in [0.4, 0.5) is 0 Å². The van der Waals surface area contributed by atoms with Crippen LogP contribution in [0.2, 0.25) is 0 Å². The number of hydrogen-bond acceptors (Lipinski definition) is 5. The number of carbonyl (C=O) groups excluding carboxylic acids is 2. The molecule has 1 aromatic rings. The Morgan fingerprint density at radius 3 is 3.09 bits per heavy atom. The Labute approximate surface area is 139 Å². The molecular formula is C15H23N3O2S2. The van der Waals surface area contributed by atoms with E-state index in [0.717, 1.165) is 35.7 Å². The number of rotatable bonds is 6. The predicted octanol–water partition coefficient (Wildman–Crippen LogP) is 2.28. The summed E-state index contributed by atoms with van der Waals surface area (Å²) in [5, 5.41) is 8.84. The molecule has 0 saturated carbocycles. The molecule has 1 aliphatic rings. The molecule has 1 aromatic heterocycles. The topological polar surface area (TPSA) is 71.1 Å². The van der Waals surface area contributed by atoms with Crippen molar-refractivity contribution in [2.75, 3.05) is 12.3 Å². The van der Waals surface area contributed by atoms with Gasteiger partial charge < -0.3 is 10.6 Å². The van der Waals surface area contributed by atoms with Crippen molar-refractivity contribution in [2.24, 2.45) is 0 Å². The molecule has 2 heterocycles. The van der Waals surface area contributed by atoms with Gasteiger partial charge in [0.1, 0.15) is 6.04 Å². The van der Waals surface area contributed by atoms with Crippen molar-refractivity contribution in [3.8, 4) is 0 Å². The van der Waals surface area contributed by atoms with E-state index in [-0.39, 0.29) is 17.9 Å². The van der Waals surface area contributed by atoms with Crippen LogP contribution in [0.25, 0.3) is 0 Å². The average Bonchev–Trinajstić information content (AvgIpc) is 2.86. The Balaban J connectivity index is 1.71. The molecule has 7 heteroatoms. The smallest absolute Gasteiger partial charge is 0.242 e. The molecule has 0 bridgehead atoms. The summed E-state index contributed by atoms with van der Waals surface area (Å²) >= 11 is 3.20. The zero-order valence-corrected chi connectivity index (χ0v) is 14.7. The van der Waals surface area contributed by atoms with Gasteiger partial charge in [0.05, 0.1) is 16.5 Å². The largest absolute Gasteiger partial charge is 0.354 e. The molecule has 0 radical (unpaired) electrons. The Bertz CT molecular complexity index is 517. The van der Waals surface area contributed by atoms with E-state index in [2.05, 4.69) is 34.8 Å². The van der Waals surface area contributed by atoms with Gasteiger partial charge in [-0.2, -0.15) is 0 Å². The third-order valence-electron chi connectivity index (χ3n) is 3.42. The van der Waals surface area contributed by atoms with Gasteiger partial charge in [-0.05, 0) is 19.3 Å². The Hall–Kier alpha value is -1.08. The zero-order chi connectivity index (χ0) is 15.9. The van der Waals surface area contributed by atoms with E-state index in [0.29, 0.717) is 18.2 Å². The summed E-state index contributed by atoms with van der Waals surface area (Å²) in [6, 6.07) is -0.373. The van der Waals surface area contributed by atoms with Crippen LogP contribution in [-0.2, 0) is 15.3 Å². The minimum absolute atomic E-state index is 0.0584. The number of aromatic nitrogens is 1. The van der Waals surface area contributed by atoms with Crippen molar-refractivity contribution >= 4 is 34.9 Å². The minimum atomic E-state index is -0.373. The van der Waals surface area contributed by atoms with Gasteiger partial charge in [-0.1, -0.05) is 13.8 Å². The molecule has 0 aliphatic carbocycles. The summed E-state index contributed by atoms with van der Waals surface area (Å²) in [5.41, 5.74) is 1.03.